The minimum Gasteiger partial charge on any atom is -0.368 e. The third kappa shape index (κ3) is 2.21. The molecule has 1 amide bonds. The van der Waals surface area contributed by atoms with E-state index in [0.717, 1.165) is 12.8 Å². The molecule has 1 aliphatic carbocycles. The van der Waals surface area contributed by atoms with E-state index in [1.165, 1.54) is 0 Å². The molecule has 1 rings (SSSR count). The number of amides is 1. The van der Waals surface area contributed by atoms with Gasteiger partial charge in [0.05, 0.1) is 6.04 Å². The highest BCUT2D eigenvalue weighted by molar-refractivity contribution is 5.79. The van der Waals surface area contributed by atoms with Crippen molar-refractivity contribution in [3.8, 4) is 0 Å². The van der Waals surface area contributed by atoms with Crippen molar-refractivity contribution in [2.45, 2.75) is 45.7 Å². The molecule has 0 saturated heterocycles. The van der Waals surface area contributed by atoms with Gasteiger partial charge in [-0.3, -0.25) is 4.79 Å². The SMILES string of the molecule is C[C@@H](NC1CC(C)(C)C1)C(N)=O. The maximum atomic E-state index is 10.7. The lowest BCUT2D eigenvalue weighted by molar-refractivity contribution is -0.120. The van der Waals surface area contributed by atoms with E-state index in [1.807, 2.05) is 6.92 Å². The van der Waals surface area contributed by atoms with E-state index in [1.54, 1.807) is 0 Å². The van der Waals surface area contributed by atoms with Crippen LogP contribution in [0.1, 0.15) is 33.6 Å². The maximum absolute atomic E-state index is 10.7. The second-order valence-corrected chi connectivity index (χ2v) is 4.56. The van der Waals surface area contributed by atoms with Gasteiger partial charge < -0.3 is 11.1 Å². The molecular formula is C9H18N2O. The molecule has 3 heteroatoms. The normalized spacial score (nSPS) is 24.6. The van der Waals surface area contributed by atoms with Crippen molar-refractivity contribution >= 4 is 5.91 Å². The predicted molar refractivity (Wildman–Crippen MR) is 48.6 cm³/mol. The molecule has 0 aromatic heterocycles. The van der Waals surface area contributed by atoms with Gasteiger partial charge in [-0.05, 0) is 25.2 Å². The van der Waals surface area contributed by atoms with Gasteiger partial charge in [0.15, 0.2) is 0 Å². The van der Waals surface area contributed by atoms with Gasteiger partial charge in [0.1, 0.15) is 0 Å². The Kier molecular flexibility index (Phi) is 2.42. The Bertz CT molecular complexity index is 181. The van der Waals surface area contributed by atoms with Gasteiger partial charge in [-0.1, -0.05) is 13.8 Å². The topological polar surface area (TPSA) is 55.1 Å². The number of nitrogens with two attached hydrogens (primary N) is 1. The molecule has 0 radical (unpaired) electrons. The smallest absolute Gasteiger partial charge is 0.234 e. The molecule has 12 heavy (non-hydrogen) atoms. The third-order valence-corrected chi connectivity index (χ3v) is 2.51. The first-order valence-electron chi connectivity index (χ1n) is 4.46. The summed E-state index contributed by atoms with van der Waals surface area (Å²) in [7, 11) is 0. The van der Waals surface area contributed by atoms with E-state index in [0.29, 0.717) is 11.5 Å². The number of carbonyl (C=O) groups is 1. The minimum atomic E-state index is -0.264. The molecule has 0 aromatic rings. The summed E-state index contributed by atoms with van der Waals surface area (Å²) in [4.78, 5) is 10.7. The van der Waals surface area contributed by atoms with Crippen LogP contribution in [0.15, 0.2) is 0 Å². The fourth-order valence-corrected chi connectivity index (χ4v) is 1.83. The highest BCUT2D eigenvalue weighted by atomic mass is 16.1. The summed E-state index contributed by atoms with van der Waals surface area (Å²) < 4.78 is 0. The molecule has 0 bridgehead atoms. The van der Waals surface area contributed by atoms with Gasteiger partial charge in [-0.25, -0.2) is 0 Å². The Morgan fingerprint density at radius 2 is 2.08 bits per heavy atom. The summed E-state index contributed by atoms with van der Waals surface area (Å²) in [6.07, 6.45) is 2.29. The number of primary amides is 1. The van der Waals surface area contributed by atoms with Crippen LogP contribution >= 0.6 is 0 Å². The first-order chi connectivity index (χ1) is 5.41. The molecule has 0 unspecified atom stereocenters. The Hall–Kier alpha value is -0.570. The van der Waals surface area contributed by atoms with Crippen molar-refractivity contribution in [1.82, 2.24) is 5.32 Å². The Morgan fingerprint density at radius 1 is 1.58 bits per heavy atom. The van der Waals surface area contributed by atoms with Crippen molar-refractivity contribution in [2.24, 2.45) is 11.1 Å². The lowest BCUT2D eigenvalue weighted by atomic mass is 9.68. The van der Waals surface area contributed by atoms with Crippen LogP contribution in [-0.4, -0.2) is 18.0 Å². The number of nitrogens with one attached hydrogen (secondary N) is 1. The average molecular weight is 170 g/mol. The van der Waals surface area contributed by atoms with Crippen LogP contribution in [0.3, 0.4) is 0 Å². The van der Waals surface area contributed by atoms with Crippen molar-refractivity contribution in [3.05, 3.63) is 0 Å². The highest BCUT2D eigenvalue weighted by Gasteiger charge is 2.36. The molecule has 1 atom stereocenters. The van der Waals surface area contributed by atoms with Crippen LogP contribution in [0.2, 0.25) is 0 Å². The largest absolute Gasteiger partial charge is 0.368 e. The molecule has 1 fully saturated rings. The van der Waals surface area contributed by atoms with Gasteiger partial charge in [0.2, 0.25) is 5.91 Å². The summed E-state index contributed by atoms with van der Waals surface area (Å²) in [6.45, 7) is 6.29. The van der Waals surface area contributed by atoms with Gasteiger partial charge in [-0.2, -0.15) is 0 Å². The fourth-order valence-electron chi connectivity index (χ4n) is 1.83. The van der Waals surface area contributed by atoms with Gasteiger partial charge in [0.25, 0.3) is 0 Å². The zero-order valence-electron chi connectivity index (χ0n) is 8.05. The molecule has 0 aromatic carbocycles. The van der Waals surface area contributed by atoms with Gasteiger partial charge in [-0.15, -0.1) is 0 Å². The molecule has 1 saturated carbocycles. The third-order valence-electron chi connectivity index (χ3n) is 2.51. The first kappa shape index (κ1) is 9.52. The van der Waals surface area contributed by atoms with Crippen molar-refractivity contribution < 1.29 is 4.79 Å². The number of carbonyl (C=O) groups excluding carboxylic acids is 1. The summed E-state index contributed by atoms with van der Waals surface area (Å²) in [5.74, 6) is -0.264. The second-order valence-electron chi connectivity index (χ2n) is 4.56. The molecule has 0 heterocycles. The summed E-state index contributed by atoms with van der Waals surface area (Å²) in [6, 6.07) is 0.300. The van der Waals surface area contributed by atoms with Crippen LogP contribution < -0.4 is 11.1 Å². The maximum Gasteiger partial charge on any atom is 0.234 e. The number of rotatable bonds is 3. The summed E-state index contributed by atoms with van der Waals surface area (Å²) in [5, 5.41) is 3.20. The number of hydrogen-bond donors (Lipinski definition) is 2. The number of hydrogen-bond acceptors (Lipinski definition) is 2. The van der Waals surface area contributed by atoms with E-state index in [2.05, 4.69) is 19.2 Å². The lowest BCUT2D eigenvalue weighted by Gasteiger charge is -2.43. The van der Waals surface area contributed by atoms with E-state index < -0.39 is 0 Å². The van der Waals surface area contributed by atoms with Crippen LogP contribution in [0.5, 0.6) is 0 Å². The zero-order valence-corrected chi connectivity index (χ0v) is 8.05. The monoisotopic (exact) mass is 170 g/mol. The quantitative estimate of drug-likeness (QED) is 0.653. The van der Waals surface area contributed by atoms with E-state index in [4.69, 9.17) is 5.73 Å². The molecule has 0 aliphatic heterocycles. The van der Waals surface area contributed by atoms with Crippen molar-refractivity contribution in [1.29, 1.82) is 0 Å². The molecule has 70 valence electrons. The Labute approximate surface area is 73.7 Å². The van der Waals surface area contributed by atoms with Crippen molar-refractivity contribution in [3.63, 3.8) is 0 Å². The average Bonchev–Trinajstić information content (AvgIpc) is 1.83. The molecule has 3 nitrogen and oxygen atoms in total. The van der Waals surface area contributed by atoms with E-state index in [9.17, 15) is 4.79 Å². The molecule has 3 N–H and O–H groups in total. The van der Waals surface area contributed by atoms with Crippen LogP contribution in [0.4, 0.5) is 0 Å². The summed E-state index contributed by atoms with van der Waals surface area (Å²) in [5.41, 5.74) is 5.58. The summed E-state index contributed by atoms with van der Waals surface area (Å²) >= 11 is 0. The van der Waals surface area contributed by atoms with Crippen LogP contribution in [0, 0.1) is 5.41 Å². The van der Waals surface area contributed by atoms with Gasteiger partial charge in [0, 0.05) is 6.04 Å². The fraction of sp³-hybridized carbons (Fsp3) is 0.889. The van der Waals surface area contributed by atoms with Crippen LogP contribution in [0.25, 0.3) is 0 Å². The standard InChI is InChI=1S/C9H18N2O/c1-6(8(10)12)11-7-4-9(2,3)5-7/h6-7,11H,4-5H2,1-3H3,(H2,10,12)/t6-/m1/s1. The Morgan fingerprint density at radius 3 is 2.42 bits per heavy atom. The first-order valence-corrected chi connectivity index (χ1v) is 4.46. The predicted octanol–water partition coefficient (Wildman–Crippen LogP) is 0.638. The van der Waals surface area contributed by atoms with E-state index in [-0.39, 0.29) is 11.9 Å². The molecule has 1 aliphatic rings. The van der Waals surface area contributed by atoms with Crippen molar-refractivity contribution in [2.75, 3.05) is 0 Å². The highest BCUT2D eigenvalue weighted by Crippen LogP contribution is 2.39. The Balaban J connectivity index is 2.23. The second kappa shape index (κ2) is 3.05. The lowest BCUT2D eigenvalue weighted by Crippen LogP contribution is -2.52. The minimum absolute atomic E-state index is 0.189. The zero-order chi connectivity index (χ0) is 9.35. The molecule has 0 spiro atoms. The van der Waals surface area contributed by atoms with E-state index >= 15 is 0 Å². The molecular weight excluding hydrogens is 152 g/mol. The van der Waals surface area contributed by atoms with Crippen LogP contribution in [-0.2, 0) is 4.79 Å². The van der Waals surface area contributed by atoms with Gasteiger partial charge >= 0.3 is 0 Å².